The SMILES string of the molecule is C=O.O=S([O-])S(=O)[O-].[Na+].[Na+]. The van der Waals surface area contributed by atoms with Gasteiger partial charge in [-0.1, -0.05) is 0 Å². The van der Waals surface area contributed by atoms with Crippen molar-refractivity contribution < 1.29 is 81.4 Å². The van der Waals surface area contributed by atoms with E-state index in [2.05, 4.69) is 0 Å². The molecule has 0 N–H and O–H groups in total. The summed E-state index contributed by atoms with van der Waals surface area (Å²) in [6, 6.07) is 0. The third-order valence-corrected chi connectivity index (χ3v) is 1.00. The maximum Gasteiger partial charge on any atom is 1.00 e. The van der Waals surface area contributed by atoms with Crippen molar-refractivity contribution in [2.45, 2.75) is 0 Å². The average Bonchev–Trinajstić information content (AvgIpc) is 1.72. The van der Waals surface area contributed by atoms with Crippen LogP contribution < -0.4 is 59.1 Å². The van der Waals surface area contributed by atoms with Crippen molar-refractivity contribution in [2.75, 3.05) is 0 Å². The van der Waals surface area contributed by atoms with Crippen molar-refractivity contribution in [3.05, 3.63) is 0 Å². The van der Waals surface area contributed by atoms with Gasteiger partial charge < -0.3 is 13.9 Å². The third-order valence-electron chi connectivity index (χ3n) is 0.111. The molecule has 0 radical (unpaired) electrons. The Labute approximate surface area is 107 Å². The van der Waals surface area contributed by atoms with Crippen LogP contribution in [0.1, 0.15) is 0 Å². The Balaban J connectivity index is -0.0000000412. The smallest absolute Gasteiger partial charge is 0.763 e. The predicted molar refractivity (Wildman–Crippen MR) is 25.0 cm³/mol. The van der Waals surface area contributed by atoms with Gasteiger partial charge >= 0.3 is 59.1 Å². The molecule has 10 heavy (non-hydrogen) atoms. The maximum absolute atomic E-state index is 9.09. The third kappa shape index (κ3) is 22.5. The van der Waals surface area contributed by atoms with Gasteiger partial charge in [0.15, 0.2) is 0 Å². The van der Waals surface area contributed by atoms with E-state index < -0.39 is 20.2 Å². The number of carbonyl (C=O) groups excluding carboxylic acids is 1. The summed E-state index contributed by atoms with van der Waals surface area (Å²) < 4.78 is 36.3. The molecule has 0 bridgehead atoms. The number of hydrogen-bond acceptors (Lipinski definition) is 5. The van der Waals surface area contributed by atoms with E-state index in [1.807, 2.05) is 6.79 Å². The second-order valence-corrected chi connectivity index (χ2v) is 2.86. The van der Waals surface area contributed by atoms with Gasteiger partial charge in [-0.15, -0.1) is 0 Å². The van der Waals surface area contributed by atoms with E-state index in [9.17, 15) is 0 Å². The van der Waals surface area contributed by atoms with Crippen molar-refractivity contribution >= 4 is 27.0 Å². The van der Waals surface area contributed by atoms with Crippen LogP contribution in [0.2, 0.25) is 0 Å². The van der Waals surface area contributed by atoms with Crippen molar-refractivity contribution in [2.24, 2.45) is 0 Å². The van der Waals surface area contributed by atoms with Gasteiger partial charge in [-0.2, -0.15) is 0 Å². The molecule has 2 unspecified atom stereocenters. The van der Waals surface area contributed by atoms with Gasteiger partial charge in [-0.25, -0.2) is 0 Å². The molecule has 0 spiro atoms. The van der Waals surface area contributed by atoms with Gasteiger partial charge in [0, 0.05) is 20.2 Å². The van der Waals surface area contributed by atoms with Gasteiger partial charge in [0.25, 0.3) is 0 Å². The van der Waals surface area contributed by atoms with Gasteiger partial charge in [-0.05, 0) is 0 Å². The van der Waals surface area contributed by atoms with Crippen LogP contribution in [0.15, 0.2) is 0 Å². The molecule has 0 saturated carbocycles. The molecule has 0 rings (SSSR count). The first-order chi connectivity index (χ1) is 3.64. The summed E-state index contributed by atoms with van der Waals surface area (Å²) >= 11 is 0. The number of carbonyl (C=O) groups is 1. The molecule has 0 heterocycles. The molecule has 0 amide bonds. The Morgan fingerprint density at radius 2 is 1.00 bits per heavy atom. The average molecular weight is 204 g/mol. The van der Waals surface area contributed by atoms with Crippen molar-refractivity contribution in [1.29, 1.82) is 0 Å². The van der Waals surface area contributed by atoms with Crippen LogP contribution in [0.25, 0.3) is 0 Å². The van der Waals surface area contributed by atoms with E-state index in [1.54, 1.807) is 0 Å². The zero-order chi connectivity index (χ0) is 7.15. The molecule has 0 fully saturated rings. The molecule has 0 aromatic carbocycles. The molecule has 0 aromatic rings. The summed E-state index contributed by atoms with van der Waals surface area (Å²) in [4.78, 5) is 8.00. The van der Waals surface area contributed by atoms with Gasteiger partial charge in [-0.3, -0.25) is 8.42 Å². The van der Waals surface area contributed by atoms with E-state index in [4.69, 9.17) is 22.3 Å². The second kappa shape index (κ2) is 17.1. The summed E-state index contributed by atoms with van der Waals surface area (Å²) in [5.74, 6) is 0. The molecule has 2 atom stereocenters. The van der Waals surface area contributed by atoms with Crippen LogP contribution in [0.3, 0.4) is 0 Å². The van der Waals surface area contributed by atoms with Crippen molar-refractivity contribution in [1.82, 2.24) is 0 Å². The fraction of sp³-hybridized carbons (Fsp3) is 0. The largest absolute Gasteiger partial charge is 1.00 e. The topological polar surface area (TPSA) is 97.3 Å². The molecule has 50 valence electrons. The van der Waals surface area contributed by atoms with Crippen LogP contribution in [-0.2, 0) is 25.0 Å². The van der Waals surface area contributed by atoms with E-state index in [1.165, 1.54) is 0 Å². The van der Waals surface area contributed by atoms with Gasteiger partial charge in [0.2, 0.25) is 0 Å². The standard InChI is InChI=1S/CH2O.2Na.H2O4S2/c1-2;;;1-5(2)6(3)4/h1H2;;;(H,1,2)(H,3,4)/q;2*+1;/p-2. The Morgan fingerprint density at radius 1 is 0.900 bits per heavy atom. The molecule has 0 saturated heterocycles. The molecular formula is CH2Na2O5S2. The van der Waals surface area contributed by atoms with E-state index in [0.29, 0.717) is 0 Å². The second-order valence-electron chi connectivity index (χ2n) is 0.408. The van der Waals surface area contributed by atoms with Crippen molar-refractivity contribution in [3.8, 4) is 0 Å². The van der Waals surface area contributed by atoms with E-state index in [0.717, 1.165) is 0 Å². The zero-order valence-corrected chi connectivity index (χ0v) is 11.2. The maximum atomic E-state index is 9.09. The van der Waals surface area contributed by atoms with Crippen LogP contribution >= 0.6 is 0 Å². The Hall–Kier alpha value is 1.89. The molecule has 0 aromatic heterocycles. The summed E-state index contributed by atoms with van der Waals surface area (Å²) in [5, 5.41) is 0. The zero-order valence-electron chi connectivity index (χ0n) is 5.56. The van der Waals surface area contributed by atoms with Gasteiger partial charge in [0.1, 0.15) is 6.79 Å². The Kier molecular flexibility index (Phi) is 38.8. The van der Waals surface area contributed by atoms with Crippen LogP contribution in [0.5, 0.6) is 0 Å². The first-order valence-corrected chi connectivity index (χ1v) is 3.79. The summed E-state index contributed by atoms with van der Waals surface area (Å²) in [7, 11) is -5.90. The molecule has 0 aliphatic heterocycles. The minimum Gasteiger partial charge on any atom is -0.763 e. The molecule has 0 aliphatic rings. The fourth-order valence-corrected chi connectivity index (χ4v) is 0. The summed E-state index contributed by atoms with van der Waals surface area (Å²) in [5.41, 5.74) is 0. The minimum absolute atomic E-state index is 0. The van der Waals surface area contributed by atoms with E-state index >= 15 is 0 Å². The first-order valence-electron chi connectivity index (χ1n) is 1.12. The first kappa shape index (κ1) is 22.7. The number of rotatable bonds is 1. The molecule has 5 nitrogen and oxygen atoms in total. The quantitative estimate of drug-likeness (QED) is 0.240. The summed E-state index contributed by atoms with van der Waals surface area (Å²) in [6.45, 7) is 2.00. The number of hydrogen-bond donors (Lipinski definition) is 0. The minimum atomic E-state index is -2.95. The monoisotopic (exact) mass is 204 g/mol. The Morgan fingerprint density at radius 3 is 1.00 bits per heavy atom. The van der Waals surface area contributed by atoms with Crippen molar-refractivity contribution in [3.63, 3.8) is 0 Å². The fourth-order valence-electron chi connectivity index (χ4n) is 0. The molecule has 0 aliphatic carbocycles. The van der Waals surface area contributed by atoms with Crippen LogP contribution in [-0.4, -0.2) is 24.3 Å². The van der Waals surface area contributed by atoms with E-state index in [-0.39, 0.29) is 59.1 Å². The molecule has 9 heteroatoms. The summed E-state index contributed by atoms with van der Waals surface area (Å²) in [6.07, 6.45) is 0. The Bertz CT molecular complexity index is 93.8. The normalized spacial score (nSPS) is 12.2. The predicted octanol–water partition coefficient (Wildman–Crippen LogP) is -7.52. The van der Waals surface area contributed by atoms with Crippen LogP contribution in [0, 0.1) is 0 Å². The van der Waals surface area contributed by atoms with Crippen LogP contribution in [0.4, 0.5) is 0 Å². The van der Waals surface area contributed by atoms with Gasteiger partial charge in [0.05, 0.1) is 0 Å². The molecular weight excluding hydrogens is 202 g/mol.